The molecular formula is C18H19F3N4O3S. The number of nitrogens with two attached hydrogens (primary N) is 1. The Morgan fingerprint density at radius 1 is 1.31 bits per heavy atom. The zero-order valence-electron chi connectivity index (χ0n) is 15.6. The lowest BCUT2D eigenvalue weighted by molar-refractivity contribution is -0.141. The average molecular weight is 428 g/mol. The largest absolute Gasteiger partial charge is 0.434 e. The molecule has 0 bridgehead atoms. The number of rotatable bonds is 5. The van der Waals surface area contributed by atoms with E-state index in [9.17, 15) is 26.7 Å². The second-order valence-corrected chi connectivity index (χ2v) is 8.89. The highest BCUT2D eigenvalue weighted by Gasteiger charge is 2.34. The number of imidazole rings is 1. The molecule has 0 spiro atoms. The van der Waals surface area contributed by atoms with E-state index >= 15 is 0 Å². The van der Waals surface area contributed by atoms with Crippen molar-refractivity contribution in [3.05, 3.63) is 41.9 Å². The number of aromatic nitrogens is 3. The molecule has 2 aromatic heterocycles. The topological polar surface area (TPSA) is 111 Å². The van der Waals surface area contributed by atoms with Crippen molar-refractivity contribution < 1.29 is 26.7 Å². The number of nitrogens with zero attached hydrogens (tertiary/aromatic N) is 3. The minimum Gasteiger partial charge on any atom is -0.393 e. The summed E-state index contributed by atoms with van der Waals surface area (Å²) in [6.45, 7) is 3.20. The third kappa shape index (κ3) is 4.20. The van der Waals surface area contributed by atoms with Gasteiger partial charge in [0.2, 0.25) is 0 Å². The molecule has 11 heteroatoms. The highest BCUT2D eigenvalue weighted by molar-refractivity contribution is 7.91. The van der Waals surface area contributed by atoms with Crippen LogP contribution in [0, 0.1) is 6.92 Å². The van der Waals surface area contributed by atoms with Gasteiger partial charge in [-0.3, -0.25) is 4.40 Å². The fraction of sp³-hybridized carbons (Fsp3) is 0.333. The van der Waals surface area contributed by atoms with Crippen molar-refractivity contribution in [3.8, 4) is 11.3 Å². The first kappa shape index (κ1) is 21.1. The fourth-order valence-electron chi connectivity index (χ4n) is 2.86. The zero-order valence-corrected chi connectivity index (χ0v) is 16.4. The summed E-state index contributed by atoms with van der Waals surface area (Å²) in [4.78, 5) is 7.39. The number of hydrogen-bond acceptors (Lipinski definition) is 6. The van der Waals surface area contributed by atoms with Crippen molar-refractivity contribution >= 4 is 21.3 Å². The van der Waals surface area contributed by atoms with Gasteiger partial charge in [0, 0.05) is 11.8 Å². The first-order valence-electron chi connectivity index (χ1n) is 8.63. The minimum atomic E-state index is -4.70. The molecule has 156 valence electrons. The summed E-state index contributed by atoms with van der Waals surface area (Å²) in [6, 6.07) is 4.38. The van der Waals surface area contributed by atoms with Crippen LogP contribution in [0.1, 0.15) is 24.6 Å². The van der Waals surface area contributed by atoms with Gasteiger partial charge in [0.25, 0.3) is 0 Å². The van der Waals surface area contributed by atoms with Crippen LogP contribution in [0.3, 0.4) is 0 Å². The van der Waals surface area contributed by atoms with Crippen molar-refractivity contribution in [1.29, 1.82) is 0 Å². The molecule has 1 atom stereocenters. The molecule has 2 heterocycles. The minimum absolute atomic E-state index is 0.00627. The van der Waals surface area contributed by atoms with Crippen LogP contribution in [0.4, 0.5) is 19.0 Å². The average Bonchev–Trinajstić information content (AvgIpc) is 3.04. The number of nitrogen functional groups attached to an aromatic ring is 1. The van der Waals surface area contributed by atoms with E-state index in [0.29, 0.717) is 11.1 Å². The monoisotopic (exact) mass is 428 g/mol. The van der Waals surface area contributed by atoms with Crippen LogP contribution in [0.2, 0.25) is 0 Å². The fourth-order valence-corrected chi connectivity index (χ4v) is 4.32. The molecule has 1 aromatic carbocycles. The van der Waals surface area contributed by atoms with E-state index in [2.05, 4.69) is 9.97 Å². The van der Waals surface area contributed by atoms with Crippen LogP contribution >= 0.6 is 0 Å². The van der Waals surface area contributed by atoms with E-state index in [-0.39, 0.29) is 34.2 Å². The summed E-state index contributed by atoms with van der Waals surface area (Å²) in [7, 11) is -3.69. The molecule has 0 aliphatic carbocycles. The molecule has 7 nitrogen and oxygen atoms in total. The van der Waals surface area contributed by atoms with E-state index in [0.717, 1.165) is 10.6 Å². The number of anilines is 1. The van der Waals surface area contributed by atoms with Crippen LogP contribution in [-0.2, 0) is 16.0 Å². The Hall–Kier alpha value is -2.66. The Balaban J connectivity index is 2.16. The highest BCUT2D eigenvalue weighted by atomic mass is 32.2. The highest BCUT2D eigenvalue weighted by Crippen LogP contribution is 2.32. The Morgan fingerprint density at radius 2 is 2.00 bits per heavy atom. The number of hydrogen-bond donors (Lipinski definition) is 2. The Morgan fingerprint density at radius 3 is 2.62 bits per heavy atom. The molecule has 3 N–H and O–H groups in total. The van der Waals surface area contributed by atoms with E-state index in [1.54, 1.807) is 13.0 Å². The summed E-state index contributed by atoms with van der Waals surface area (Å²) in [5, 5.41) is 9.36. The normalized spacial score (nSPS) is 13.7. The number of aliphatic hydroxyl groups is 1. The van der Waals surface area contributed by atoms with Gasteiger partial charge < -0.3 is 10.8 Å². The molecule has 0 aliphatic heterocycles. The maximum absolute atomic E-state index is 13.1. The number of aryl methyl sites for hydroxylation is 1. The molecule has 0 saturated heterocycles. The quantitative estimate of drug-likeness (QED) is 0.647. The maximum Gasteiger partial charge on any atom is 0.434 e. The van der Waals surface area contributed by atoms with E-state index in [4.69, 9.17) is 5.73 Å². The number of alkyl halides is 3. The summed E-state index contributed by atoms with van der Waals surface area (Å²) in [6.07, 6.45) is -3.31. The second kappa shape index (κ2) is 7.30. The molecule has 0 amide bonds. The first-order chi connectivity index (χ1) is 13.4. The third-order valence-electron chi connectivity index (χ3n) is 4.46. The smallest absolute Gasteiger partial charge is 0.393 e. The van der Waals surface area contributed by atoms with Crippen molar-refractivity contribution in [2.45, 2.75) is 37.4 Å². The van der Waals surface area contributed by atoms with Gasteiger partial charge in [0.1, 0.15) is 0 Å². The van der Waals surface area contributed by atoms with Crippen molar-refractivity contribution in [2.75, 3.05) is 11.5 Å². The standard InChI is InChI=1S/C18H19F3N4O3S/c1-10-3-4-12(29(27,28)6-5-11(2)26)7-13(10)14-8-23-17-16(22)24-15(9-25(14)17)18(19,20)21/h3-4,7-9,11,26H,5-6H2,1-2H3,(H2,22,24). The molecule has 0 saturated carbocycles. The molecule has 29 heavy (non-hydrogen) atoms. The van der Waals surface area contributed by atoms with E-state index < -0.39 is 27.8 Å². The van der Waals surface area contributed by atoms with Crippen LogP contribution in [-0.4, -0.2) is 39.7 Å². The summed E-state index contributed by atoms with van der Waals surface area (Å²) >= 11 is 0. The second-order valence-electron chi connectivity index (χ2n) is 6.78. The van der Waals surface area contributed by atoms with Crippen molar-refractivity contribution in [2.24, 2.45) is 0 Å². The SMILES string of the molecule is Cc1ccc(S(=O)(=O)CCC(C)O)cc1-c1cnc2c(N)nc(C(F)(F)F)cn12. The van der Waals surface area contributed by atoms with E-state index in [1.807, 2.05) is 0 Å². The van der Waals surface area contributed by atoms with Gasteiger partial charge in [-0.2, -0.15) is 13.2 Å². The molecule has 3 rings (SSSR count). The molecule has 3 aromatic rings. The van der Waals surface area contributed by atoms with Crippen LogP contribution < -0.4 is 5.73 Å². The third-order valence-corrected chi connectivity index (χ3v) is 6.20. The Labute approximate surface area is 164 Å². The van der Waals surface area contributed by atoms with Crippen molar-refractivity contribution in [1.82, 2.24) is 14.4 Å². The van der Waals surface area contributed by atoms with Gasteiger partial charge in [-0.05, 0) is 38.0 Å². The summed E-state index contributed by atoms with van der Waals surface area (Å²) < 4.78 is 65.7. The van der Waals surface area contributed by atoms with Crippen LogP contribution in [0.5, 0.6) is 0 Å². The van der Waals surface area contributed by atoms with Crippen LogP contribution in [0.25, 0.3) is 16.9 Å². The lowest BCUT2D eigenvalue weighted by atomic mass is 10.1. The van der Waals surface area contributed by atoms with Gasteiger partial charge >= 0.3 is 6.18 Å². The van der Waals surface area contributed by atoms with Gasteiger partial charge in [0.15, 0.2) is 27.0 Å². The Kier molecular flexibility index (Phi) is 5.30. The number of benzene rings is 1. The number of aliphatic hydroxyl groups excluding tert-OH is 1. The lowest BCUT2D eigenvalue weighted by Gasteiger charge is -2.12. The zero-order chi connectivity index (χ0) is 21.6. The molecule has 0 fully saturated rings. The van der Waals surface area contributed by atoms with Gasteiger partial charge in [0.05, 0.1) is 28.6 Å². The predicted molar refractivity (Wildman–Crippen MR) is 101 cm³/mol. The van der Waals surface area contributed by atoms with Gasteiger partial charge in [-0.15, -0.1) is 0 Å². The summed E-state index contributed by atoms with van der Waals surface area (Å²) in [5.74, 6) is -0.639. The number of fused-ring (bicyclic) bond motifs is 1. The van der Waals surface area contributed by atoms with Gasteiger partial charge in [-0.1, -0.05) is 6.07 Å². The predicted octanol–water partition coefficient (Wildman–Crippen LogP) is 2.85. The number of halogens is 3. The number of sulfone groups is 1. The van der Waals surface area contributed by atoms with Crippen LogP contribution in [0.15, 0.2) is 35.5 Å². The molecule has 1 unspecified atom stereocenters. The lowest BCUT2D eigenvalue weighted by Crippen LogP contribution is -2.13. The maximum atomic E-state index is 13.1. The van der Waals surface area contributed by atoms with Crippen molar-refractivity contribution in [3.63, 3.8) is 0 Å². The van der Waals surface area contributed by atoms with E-state index in [1.165, 1.54) is 25.3 Å². The molecular weight excluding hydrogens is 409 g/mol. The first-order valence-corrected chi connectivity index (χ1v) is 10.3. The Bertz CT molecular complexity index is 1170. The molecule has 0 aliphatic rings. The van der Waals surface area contributed by atoms with Gasteiger partial charge in [-0.25, -0.2) is 18.4 Å². The summed E-state index contributed by atoms with van der Waals surface area (Å²) in [5.41, 5.74) is 5.79. The molecule has 0 radical (unpaired) electrons.